The van der Waals surface area contributed by atoms with Crippen LogP contribution >= 0.6 is 0 Å². The summed E-state index contributed by atoms with van der Waals surface area (Å²) in [6.07, 6.45) is 1.96. The minimum absolute atomic E-state index is 0.152. The van der Waals surface area contributed by atoms with E-state index >= 15 is 0 Å². The van der Waals surface area contributed by atoms with Crippen LogP contribution in [0.4, 0.5) is 0 Å². The first-order chi connectivity index (χ1) is 18.1. The normalized spacial score (nSPS) is 17.0. The lowest BCUT2D eigenvalue weighted by Gasteiger charge is -2.32. The number of amides is 1. The van der Waals surface area contributed by atoms with Crippen molar-refractivity contribution in [3.05, 3.63) is 112 Å². The number of nitrogens with one attached hydrogen (secondary N) is 1. The van der Waals surface area contributed by atoms with E-state index in [1.165, 1.54) is 0 Å². The highest BCUT2D eigenvalue weighted by Crippen LogP contribution is 2.26. The Morgan fingerprint density at radius 3 is 2.30 bits per heavy atom. The van der Waals surface area contributed by atoms with Crippen LogP contribution in [0.2, 0.25) is 0 Å². The molecule has 1 aliphatic heterocycles. The van der Waals surface area contributed by atoms with E-state index in [4.69, 9.17) is 0 Å². The molecule has 2 atom stereocenters. The average molecular weight is 496 g/mol. The number of likely N-dealkylation sites (tertiary alicyclic amines) is 1. The number of piperidine rings is 1. The largest absolute Gasteiger partial charge is 0.392 e. The summed E-state index contributed by atoms with van der Waals surface area (Å²) in [4.78, 5) is 30.2. The number of pyridine rings is 1. The van der Waals surface area contributed by atoms with Gasteiger partial charge in [0.05, 0.1) is 23.4 Å². The number of nitrogens with zero attached hydrogens (tertiary/aromatic N) is 2. The number of para-hydroxylation sites is 1. The van der Waals surface area contributed by atoms with E-state index in [9.17, 15) is 14.7 Å². The molecule has 2 N–H and O–H groups in total. The Hall–Kier alpha value is -3.74. The van der Waals surface area contributed by atoms with Crippen LogP contribution in [-0.4, -0.2) is 39.7 Å². The molecule has 0 saturated carbocycles. The molecule has 0 spiro atoms. The fourth-order valence-electron chi connectivity index (χ4n) is 5.37. The number of fused-ring (bicyclic) bond motifs is 1. The first-order valence-corrected chi connectivity index (χ1v) is 13.0. The van der Waals surface area contributed by atoms with E-state index in [2.05, 4.69) is 17.1 Å². The summed E-state index contributed by atoms with van der Waals surface area (Å²) < 4.78 is 1.68. The molecule has 1 fully saturated rings. The highest BCUT2D eigenvalue weighted by Gasteiger charge is 2.27. The van der Waals surface area contributed by atoms with E-state index < -0.39 is 6.10 Å². The van der Waals surface area contributed by atoms with E-state index in [1.54, 1.807) is 10.6 Å². The molecule has 1 amide bonds. The zero-order valence-corrected chi connectivity index (χ0v) is 21.1. The number of hydrogen-bond acceptors (Lipinski definition) is 4. The van der Waals surface area contributed by atoms with Crippen molar-refractivity contribution >= 4 is 16.7 Å². The minimum atomic E-state index is -0.411. The zero-order chi connectivity index (χ0) is 25.8. The predicted octanol–water partition coefficient (Wildman–Crippen LogP) is 4.83. The molecular formula is C31H33N3O3. The average Bonchev–Trinajstić information content (AvgIpc) is 2.93. The molecule has 6 heteroatoms. The Bertz CT molecular complexity index is 1430. The summed E-state index contributed by atoms with van der Waals surface area (Å²) in [7, 11) is 0. The van der Waals surface area contributed by atoms with Crippen molar-refractivity contribution in [2.45, 2.75) is 44.9 Å². The minimum Gasteiger partial charge on any atom is -0.392 e. The number of rotatable bonds is 7. The molecule has 2 heterocycles. The molecule has 0 radical (unpaired) electrons. The highest BCUT2D eigenvalue weighted by atomic mass is 16.3. The molecule has 1 saturated heterocycles. The smallest absolute Gasteiger partial charge is 0.263 e. The second-order valence-corrected chi connectivity index (χ2v) is 9.72. The van der Waals surface area contributed by atoms with Crippen LogP contribution in [0.5, 0.6) is 0 Å². The van der Waals surface area contributed by atoms with E-state index in [0.29, 0.717) is 35.1 Å². The molecule has 0 aliphatic carbocycles. The van der Waals surface area contributed by atoms with Gasteiger partial charge in [0.25, 0.3) is 11.5 Å². The summed E-state index contributed by atoms with van der Waals surface area (Å²) in [5, 5.41) is 14.7. The highest BCUT2D eigenvalue weighted by molar-refractivity contribution is 6.08. The van der Waals surface area contributed by atoms with Crippen LogP contribution in [0.3, 0.4) is 0 Å². The van der Waals surface area contributed by atoms with Crippen molar-refractivity contribution < 1.29 is 9.90 Å². The third-order valence-electron chi connectivity index (χ3n) is 7.20. The van der Waals surface area contributed by atoms with Crippen molar-refractivity contribution in [2.24, 2.45) is 0 Å². The third kappa shape index (κ3) is 5.22. The molecule has 1 aliphatic rings. The van der Waals surface area contributed by atoms with Crippen LogP contribution < -0.4 is 10.9 Å². The molecule has 4 aromatic rings. The first kappa shape index (κ1) is 24.9. The maximum Gasteiger partial charge on any atom is 0.263 e. The second-order valence-electron chi connectivity index (χ2n) is 9.72. The standard InChI is InChI=1S/C31H33N3O3/c1-2-27(22-12-5-3-6-13-22)32-30(36)29-25-17-9-10-18-26(25)31(37)34(23-14-7-4-8-15-23)28(29)21-33-19-11-16-24(35)20-33/h3-10,12-15,17-18,24,27,35H,2,11,16,19-21H2,1H3,(H,32,36)/t24?,27-/m0/s1. The molecule has 0 bridgehead atoms. The van der Waals surface area contributed by atoms with Gasteiger partial charge in [-0.3, -0.25) is 19.1 Å². The van der Waals surface area contributed by atoms with Crippen molar-refractivity contribution in [3.8, 4) is 5.69 Å². The number of hydrogen-bond donors (Lipinski definition) is 2. The van der Waals surface area contributed by atoms with Crippen LogP contribution in [0.1, 0.15) is 53.8 Å². The molecule has 190 valence electrons. The van der Waals surface area contributed by atoms with E-state index in [0.717, 1.165) is 37.1 Å². The fourth-order valence-corrected chi connectivity index (χ4v) is 5.37. The fraction of sp³-hybridized carbons (Fsp3) is 0.290. The number of aliphatic hydroxyl groups excluding tert-OH is 1. The van der Waals surface area contributed by atoms with Crippen molar-refractivity contribution in [1.29, 1.82) is 0 Å². The molecule has 3 aromatic carbocycles. The van der Waals surface area contributed by atoms with E-state index in [1.807, 2.05) is 78.9 Å². The Labute approximate surface area is 217 Å². The summed E-state index contributed by atoms with van der Waals surface area (Å²) in [6.45, 7) is 3.75. The lowest BCUT2D eigenvalue weighted by Crippen LogP contribution is -2.40. The van der Waals surface area contributed by atoms with Gasteiger partial charge in [-0.15, -0.1) is 0 Å². The molecule has 1 aromatic heterocycles. The topological polar surface area (TPSA) is 74.6 Å². The summed E-state index contributed by atoms with van der Waals surface area (Å²) in [5.41, 5.74) is 2.76. The van der Waals surface area contributed by atoms with Crippen LogP contribution in [0.25, 0.3) is 16.5 Å². The van der Waals surface area contributed by atoms with Crippen LogP contribution in [-0.2, 0) is 6.54 Å². The number of carbonyl (C=O) groups is 1. The molecular weight excluding hydrogens is 462 g/mol. The SMILES string of the molecule is CC[C@H](NC(=O)c1c(CN2CCCC(O)C2)n(-c2ccccc2)c(=O)c2ccccc12)c1ccccc1. The van der Waals surface area contributed by atoms with Crippen molar-refractivity contribution in [2.75, 3.05) is 13.1 Å². The Kier molecular flexibility index (Phi) is 7.49. The van der Waals surface area contributed by atoms with Gasteiger partial charge in [-0.2, -0.15) is 0 Å². The maximum atomic E-state index is 14.1. The predicted molar refractivity (Wildman–Crippen MR) is 147 cm³/mol. The van der Waals surface area contributed by atoms with Gasteiger partial charge in [0, 0.05) is 29.5 Å². The summed E-state index contributed by atoms with van der Waals surface area (Å²) in [6, 6.07) is 26.6. The maximum absolute atomic E-state index is 14.1. The molecule has 1 unspecified atom stereocenters. The van der Waals surface area contributed by atoms with Gasteiger partial charge >= 0.3 is 0 Å². The van der Waals surface area contributed by atoms with Gasteiger partial charge in [0.2, 0.25) is 0 Å². The van der Waals surface area contributed by atoms with Gasteiger partial charge in [0.15, 0.2) is 0 Å². The van der Waals surface area contributed by atoms with E-state index in [-0.39, 0.29) is 17.5 Å². The lowest BCUT2D eigenvalue weighted by molar-refractivity contribution is 0.0655. The molecule has 37 heavy (non-hydrogen) atoms. The first-order valence-electron chi connectivity index (χ1n) is 13.0. The third-order valence-corrected chi connectivity index (χ3v) is 7.20. The Balaban J connectivity index is 1.70. The van der Waals surface area contributed by atoms with Crippen molar-refractivity contribution in [1.82, 2.24) is 14.8 Å². The lowest BCUT2D eigenvalue weighted by atomic mass is 9.99. The van der Waals surface area contributed by atoms with Gasteiger partial charge in [-0.1, -0.05) is 73.7 Å². The van der Waals surface area contributed by atoms with Gasteiger partial charge < -0.3 is 10.4 Å². The quantitative estimate of drug-likeness (QED) is 0.385. The van der Waals surface area contributed by atoms with Crippen molar-refractivity contribution in [3.63, 3.8) is 0 Å². The summed E-state index contributed by atoms with van der Waals surface area (Å²) in [5.74, 6) is -0.204. The number of carbonyl (C=O) groups excluding carboxylic acids is 1. The summed E-state index contributed by atoms with van der Waals surface area (Å²) >= 11 is 0. The van der Waals surface area contributed by atoms with Gasteiger partial charge in [-0.25, -0.2) is 0 Å². The molecule has 6 nitrogen and oxygen atoms in total. The van der Waals surface area contributed by atoms with Gasteiger partial charge in [-0.05, 0) is 49.6 Å². The van der Waals surface area contributed by atoms with Crippen LogP contribution in [0, 0.1) is 0 Å². The monoisotopic (exact) mass is 495 g/mol. The number of β-amino-alcohol motifs (C(OH)–C–C–N with tert-alkyl or cyclic N) is 1. The Morgan fingerprint density at radius 2 is 1.62 bits per heavy atom. The number of aromatic nitrogens is 1. The van der Waals surface area contributed by atoms with Crippen LogP contribution in [0.15, 0.2) is 89.7 Å². The molecule has 5 rings (SSSR count). The second kappa shape index (κ2) is 11.1. The Morgan fingerprint density at radius 1 is 0.973 bits per heavy atom. The number of aliphatic hydroxyl groups is 1. The van der Waals surface area contributed by atoms with Gasteiger partial charge in [0.1, 0.15) is 0 Å². The number of benzene rings is 3. The zero-order valence-electron chi connectivity index (χ0n) is 21.1.